The van der Waals surface area contributed by atoms with E-state index in [-0.39, 0.29) is 18.5 Å². The SMILES string of the molecule is CCCCCCCCCC/C(=C/C(=O)OCCCCCCCN(CCCO)CCOCCCCOC(=O)/C=C(\CCCCC)CCCCCCCCCC)CCCCC. The fourth-order valence-electron chi connectivity index (χ4n) is 7.68. The first-order valence-electron chi connectivity index (χ1n) is 25.6. The van der Waals surface area contributed by atoms with Crippen molar-refractivity contribution in [2.45, 2.75) is 246 Å². The van der Waals surface area contributed by atoms with Gasteiger partial charge in [0.15, 0.2) is 0 Å². The third-order valence-electron chi connectivity index (χ3n) is 11.5. The number of unbranched alkanes of at least 4 members (excludes halogenated alkanes) is 23. The van der Waals surface area contributed by atoms with Gasteiger partial charge in [0.2, 0.25) is 0 Å². The van der Waals surface area contributed by atoms with E-state index in [4.69, 9.17) is 14.2 Å². The lowest BCUT2D eigenvalue weighted by Gasteiger charge is -2.22. The number of rotatable bonds is 47. The topological polar surface area (TPSA) is 85.3 Å². The van der Waals surface area contributed by atoms with Crippen LogP contribution in [-0.4, -0.2) is 74.6 Å². The van der Waals surface area contributed by atoms with Gasteiger partial charge in [0, 0.05) is 38.5 Å². The molecule has 7 heteroatoms. The Morgan fingerprint density at radius 1 is 0.390 bits per heavy atom. The lowest BCUT2D eigenvalue weighted by molar-refractivity contribution is -0.138. The fraction of sp³-hybridized carbons (Fsp3) is 0.885. The molecule has 0 fully saturated rings. The summed E-state index contributed by atoms with van der Waals surface area (Å²) in [7, 11) is 0. The number of nitrogens with zero attached hydrogens (tertiary/aromatic N) is 1. The van der Waals surface area contributed by atoms with Gasteiger partial charge in [0.25, 0.3) is 0 Å². The second-order valence-electron chi connectivity index (χ2n) is 17.3. The molecule has 0 aliphatic heterocycles. The predicted molar refractivity (Wildman–Crippen MR) is 252 cm³/mol. The quantitative estimate of drug-likeness (QED) is 0.0371. The zero-order valence-corrected chi connectivity index (χ0v) is 39.8. The summed E-state index contributed by atoms with van der Waals surface area (Å²) in [5.41, 5.74) is 2.54. The largest absolute Gasteiger partial charge is 0.463 e. The van der Waals surface area contributed by atoms with E-state index in [1.165, 1.54) is 140 Å². The van der Waals surface area contributed by atoms with Gasteiger partial charge in [-0.15, -0.1) is 0 Å². The zero-order chi connectivity index (χ0) is 43.1. The smallest absolute Gasteiger partial charge is 0.330 e. The molecule has 0 aliphatic rings. The second-order valence-corrected chi connectivity index (χ2v) is 17.3. The van der Waals surface area contributed by atoms with Crippen molar-refractivity contribution in [1.82, 2.24) is 4.90 Å². The lowest BCUT2D eigenvalue weighted by Crippen LogP contribution is -2.30. The van der Waals surface area contributed by atoms with Gasteiger partial charge in [-0.05, 0) is 90.0 Å². The molecule has 59 heavy (non-hydrogen) atoms. The summed E-state index contributed by atoms with van der Waals surface area (Å²) in [5.74, 6) is -0.334. The molecule has 0 radical (unpaired) electrons. The number of allylic oxidation sites excluding steroid dienone is 2. The Morgan fingerprint density at radius 2 is 0.729 bits per heavy atom. The average Bonchev–Trinajstić information content (AvgIpc) is 3.23. The maximum absolute atomic E-state index is 12.6. The Morgan fingerprint density at radius 3 is 1.19 bits per heavy atom. The minimum atomic E-state index is -0.182. The van der Waals surface area contributed by atoms with Gasteiger partial charge in [-0.3, -0.25) is 0 Å². The van der Waals surface area contributed by atoms with E-state index in [9.17, 15) is 14.7 Å². The van der Waals surface area contributed by atoms with Crippen molar-refractivity contribution < 1.29 is 28.9 Å². The van der Waals surface area contributed by atoms with Gasteiger partial charge < -0.3 is 24.2 Å². The Hall–Kier alpha value is -1.70. The van der Waals surface area contributed by atoms with Crippen LogP contribution < -0.4 is 0 Å². The van der Waals surface area contributed by atoms with Gasteiger partial charge in [-0.1, -0.05) is 174 Å². The number of esters is 2. The highest BCUT2D eigenvalue weighted by atomic mass is 16.5. The van der Waals surface area contributed by atoms with Crippen molar-refractivity contribution in [3.63, 3.8) is 0 Å². The molecule has 1 N–H and O–H groups in total. The molecular weight excluding hydrogens is 735 g/mol. The highest BCUT2D eigenvalue weighted by Crippen LogP contribution is 2.20. The van der Waals surface area contributed by atoms with Gasteiger partial charge in [0.05, 0.1) is 19.8 Å². The first-order chi connectivity index (χ1) is 29.0. The van der Waals surface area contributed by atoms with Crippen molar-refractivity contribution in [3.05, 3.63) is 23.3 Å². The van der Waals surface area contributed by atoms with Crippen molar-refractivity contribution in [3.8, 4) is 0 Å². The van der Waals surface area contributed by atoms with Crippen LogP contribution in [0.25, 0.3) is 0 Å². The van der Waals surface area contributed by atoms with Crippen molar-refractivity contribution in [2.24, 2.45) is 0 Å². The van der Waals surface area contributed by atoms with E-state index < -0.39 is 0 Å². The minimum absolute atomic E-state index is 0.153. The van der Waals surface area contributed by atoms with Crippen LogP contribution in [0.1, 0.15) is 246 Å². The van der Waals surface area contributed by atoms with Crippen LogP contribution in [-0.2, 0) is 23.8 Å². The Balaban J connectivity index is 4.21. The normalized spacial score (nSPS) is 12.2. The predicted octanol–water partition coefficient (Wildman–Crippen LogP) is 14.6. The first kappa shape index (κ1) is 57.3. The summed E-state index contributed by atoms with van der Waals surface area (Å²) < 4.78 is 17.1. The number of carbonyl (C=O) groups is 2. The molecule has 0 heterocycles. The summed E-state index contributed by atoms with van der Waals surface area (Å²) in [6, 6.07) is 0. The zero-order valence-electron chi connectivity index (χ0n) is 39.8. The third-order valence-corrected chi connectivity index (χ3v) is 11.5. The van der Waals surface area contributed by atoms with Crippen LogP contribution in [0.3, 0.4) is 0 Å². The molecule has 0 amide bonds. The summed E-state index contributed by atoms with van der Waals surface area (Å²) >= 11 is 0. The summed E-state index contributed by atoms with van der Waals surface area (Å²) in [6.45, 7) is 14.2. The van der Waals surface area contributed by atoms with Crippen molar-refractivity contribution in [2.75, 3.05) is 52.7 Å². The van der Waals surface area contributed by atoms with E-state index in [1.807, 2.05) is 0 Å². The van der Waals surface area contributed by atoms with Gasteiger partial charge in [0.1, 0.15) is 0 Å². The van der Waals surface area contributed by atoms with E-state index in [0.29, 0.717) is 26.4 Å². The molecule has 0 rings (SSSR count). The number of ether oxygens (including phenoxy) is 3. The van der Waals surface area contributed by atoms with Crippen LogP contribution in [0.5, 0.6) is 0 Å². The number of aliphatic hydroxyl groups is 1. The molecule has 0 bridgehead atoms. The number of hydrogen-bond acceptors (Lipinski definition) is 7. The highest BCUT2D eigenvalue weighted by Gasteiger charge is 2.08. The van der Waals surface area contributed by atoms with Crippen LogP contribution in [0, 0.1) is 0 Å². The molecule has 0 aromatic heterocycles. The third kappa shape index (κ3) is 42.8. The van der Waals surface area contributed by atoms with Crippen LogP contribution >= 0.6 is 0 Å². The molecule has 0 saturated heterocycles. The minimum Gasteiger partial charge on any atom is -0.463 e. The fourth-order valence-corrected chi connectivity index (χ4v) is 7.68. The van der Waals surface area contributed by atoms with Crippen LogP contribution in [0.2, 0.25) is 0 Å². The molecule has 0 aromatic carbocycles. The number of hydrogen-bond donors (Lipinski definition) is 1. The standard InChI is InChI=1S/C52H99NO6/c1-5-9-13-15-17-19-22-28-37-49(35-26-11-7-3)47-51(55)58-44-31-25-21-24-30-39-53(40-34-42-54)41-46-57-43-32-33-45-59-52(56)48-50(36-27-12-8-4)38-29-23-20-18-16-14-10-6-2/h47-48,54H,5-46H2,1-4H3/b49-47+,50-48+. The van der Waals surface area contributed by atoms with Gasteiger partial charge >= 0.3 is 11.9 Å². The molecule has 0 aliphatic carbocycles. The maximum atomic E-state index is 12.6. The molecular formula is C52H99NO6. The first-order valence-corrected chi connectivity index (χ1v) is 25.6. The summed E-state index contributed by atoms with van der Waals surface area (Å²) in [4.78, 5) is 27.6. The monoisotopic (exact) mass is 834 g/mol. The van der Waals surface area contributed by atoms with E-state index in [0.717, 1.165) is 110 Å². The molecule has 0 aromatic rings. The molecule has 0 spiro atoms. The average molecular weight is 834 g/mol. The summed E-state index contributed by atoms with van der Waals surface area (Å²) in [6.07, 6.45) is 43.6. The summed E-state index contributed by atoms with van der Waals surface area (Å²) in [5, 5.41) is 9.41. The maximum Gasteiger partial charge on any atom is 0.330 e. The van der Waals surface area contributed by atoms with Crippen LogP contribution in [0.15, 0.2) is 23.3 Å². The number of carbonyl (C=O) groups excluding carboxylic acids is 2. The van der Waals surface area contributed by atoms with Crippen LogP contribution in [0.4, 0.5) is 0 Å². The van der Waals surface area contributed by atoms with E-state index in [1.54, 1.807) is 12.2 Å². The Labute approximate surface area is 366 Å². The van der Waals surface area contributed by atoms with Gasteiger partial charge in [-0.25, -0.2) is 9.59 Å². The highest BCUT2D eigenvalue weighted by molar-refractivity contribution is 5.83. The van der Waals surface area contributed by atoms with Crippen molar-refractivity contribution >= 4 is 11.9 Å². The molecule has 0 atom stereocenters. The van der Waals surface area contributed by atoms with Crippen molar-refractivity contribution in [1.29, 1.82) is 0 Å². The van der Waals surface area contributed by atoms with E-state index >= 15 is 0 Å². The Bertz CT molecular complexity index is 893. The lowest BCUT2D eigenvalue weighted by atomic mass is 10.00. The van der Waals surface area contributed by atoms with E-state index in [2.05, 4.69) is 32.6 Å². The second kappa shape index (κ2) is 47.4. The number of aliphatic hydroxyl groups excluding tert-OH is 1. The molecule has 7 nitrogen and oxygen atoms in total. The van der Waals surface area contributed by atoms with Gasteiger partial charge in [-0.2, -0.15) is 0 Å². The molecule has 0 saturated carbocycles. The molecule has 0 unspecified atom stereocenters. The molecule has 348 valence electrons. The Kier molecular flexibility index (Phi) is 46.0.